The summed E-state index contributed by atoms with van der Waals surface area (Å²) in [6, 6.07) is 111. The van der Waals surface area contributed by atoms with Gasteiger partial charge in [-0.2, -0.15) is 0 Å². The molecular weight excluding hydrogens is 994 g/mol. The molecule has 0 aliphatic carbocycles. The molecule has 16 rings (SSSR count). The fraction of sp³-hybridized carbons (Fsp3) is 0. The minimum Gasteiger partial charge on any atom is -0.0602 e. The molecule has 354 valence electrons. The van der Waals surface area contributed by atoms with Crippen LogP contribution in [0.25, 0.3) is 87.8 Å². The number of rotatable bonds is 7. The molecule has 0 saturated carbocycles. The molecule has 0 N–H and O–H groups in total. The predicted octanol–water partition coefficient (Wildman–Crippen LogP) is 12.3. The maximum atomic E-state index is 2.56. The predicted molar refractivity (Wildman–Crippen MR) is 327 cm³/mol. The molecule has 0 radical (unpaired) electrons. The first-order chi connectivity index (χ1) is 37.7. The third kappa shape index (κ3) is 5.98. The van der Waals surface area contributed by atoms with Gasteiger partial charge in [-0.15, -0.1) is 0 Å². The molecule has 0 unspecified atom stereocenters. The van der Waals surface area contributed by atoms with E-state index in [1.807, 2.05) is 0 Å². The molecule has 4 heteroatoms. The van der Waals surface area contributed by atoms with E-state index in [0.717, 1.165) is 0 Å². The van der Waals surface area contributed by atoms with Crippen molar-refractivity contribution >= 4 is 120 Å². The van der Waals surface area contributed by atoms with E-state index in [9.17, 15) is 0 Å². The Kier molecular flexibility index (Phi) is 9.57. The Morgan fingerprint density at radius 1 is 0.276 bits per heavy atom. The van der Waals surface area contributed by atoms with Crippen LogP contribution in [0.3, 0.4) is 0 Å². The molecule has 0 saturated heterocycles. The molecule has 76 heavy (non-hydrogen) atoms. The quantitative estimate of drug-likeness (QED) is 0.141. The summed E-state index contributed by atoms with van der Waals surface area (Å²) in [4.78, 5) is 0. The third-order valence-corrected chi connectivity index (χ3v) is 33.2. The summed E-state index contributed by atoms with van der Waals surface area (Å²) in [5.41, 5.74) is 12.3. The van der Waals surface area contributed by atoms with Crippen molar-refractivity contribution in [2.75, 3.05) is 0 Å². The first-order valence-electron chi connectivity index (χ1n) is 26.5. The zero-order chi connectivity index (χ0) is 50.0. The summed E-state index contributed by atoms with van der Waals surface area (Å²) in [5, 5.41) is 13.5. The van der Waals surface area contributed by atoms with Gasteiger partial charge in [0.05, 0.1) is 11.0 Å². The van der Waals surface area contributed by atoms with Crippen molar-refractivity contribution < 1.29 is 0 Å². The second kappa shape index (κ2) is 16.8. The monoisotopic (exact) mass is 1040 g/mol. The molecular formula is C72H48GeN2Si. The molecule has 2 nitrogen and oxygen atoms in total. The SMILES string of the molecule is c1ccc(-n2c3ccccc3c3cc(-c4ccc5c(c4)c4cccc6c7ccc(-c8cccc([Si]9(c%10ccccc%10)c%10cccc[c]%10[Ge]([c]%10ccccc%10)([c]%10ccccc%10)[c]%10ccccc%109)c8)cc7n5c46)ccc32)cc1. The summed E-state index contributed by atoms with van der Waals surface area (Å²) < 4.78 is 10.9. The number of nitrogens with zero attached hydrogens (tertiary/aromatic N) is 2. The van der Waals surface area contributed by atoms with Gasteiger partial charge in [0.15, 0.2) is 0 Å². The number of hydrogen-bond donors (Lipinski definition) is 0. The Morgan fingerprint density at radius 2 is 0.737 bits per heavy atom. The van der Waals surface area contributed by atoms with E-state index in [4.69, 9.17) is 0 Å². The zero-order valence-electron chi connectivity index (χ0n) is 41.6. The standard InChI is InChI=1S/C72H48GeN2Si/c1-5-22-53(23-6-1)73(54-24-7-2-8-25-54)64-34-14-17-37-70(64)76(56-28-11-4-12-29-56,71-38-18-15-35-65(71)73)57-30-19-21-49(45-57)52-39-42-59-60-32-20-33-61-63-47-51(41-44-68(63)75(72(60)61)69(59)48-52)50-40-43-67-62(46-50)58-31-13-16-36-66(58)74(67)55-26-9-3-10-27-55/h1-48H. The Hall–Kier alpha value is -9.00. The van der Waals surface area contributed by atoms with Crippen LogP contribution in [-0.2, 0) is 0 Å². The van der Waals surface area contributed by atoms with Crippen LogP contribution in [0.15, 0.2) is 291 Å². The van der Waals surface area contributed by atoms with E-state index in [-0.39, 0.29) is 0 Å². The summed E-state index contributed by atoms with van der Waals surface area (Å²) in [7, 11) is -2.97. The van der Waals surface area contributed by atoms with Gasteiger partial charge in [-0.1, -0.05) is 60.7 Å². The van der Waals surface area contributed by atoms with E-state index >= 15 is 0 Å². The van der Waals surface area contributed by atoms with Crippen molar-refractivity contribution in [2.45, 2.75) is 0 Å². The van der Waals surface area contributed by atoms with Gasteiger partial charge in [0.25, 0.3) is 0 Å². The summed E-state index contributed by atoms with van der Waals surface area (Å²) in [6.45, 7) is 0. The van der Waals surface area contributed by atoms with Crippen LogP contribution in [0.2, 0.25) is 0 Å². The van der Waals surface area contributed by atoms with Gasteiger partial charge >= 0.3 is 307 Å². The molecule has 0 amide bonds. The molecule has 15 aromatic rings. The maximum Gasteiger partial charge on any atom is 0.0541 e. The van der Waals surface area contributed by atoms with Crippen molar-refractivity contribution in [2.24, 2.45) is 0 Å². The number of aromatic nitrogens is 2. The van der Waals surface area contributed by atoms with E-state index < -0.39 is 21.3 Å². The smallest absolute Gasteiger partial charge is 0.0541 e. The average Bonchev–Trinajstić information content (AvgIpc) is 4.16. The van der Waals surface area contributed by atoms with E-state index in [1.165, 1.54) is 126 Å². The van der Waals surface area contributed by atoms with Crippen LogP contribution in [0.5, 0.6) is 0 Å². The summed E-state index contributed by atoms with van der Waals surface area (Å²) in [5.74, 6) is 0. The molecule has 1 aliphatic rings. The third-order valence-electron chi connectivity index (χ3n) is 17.1. The Morgan fingerprint density at radius 3 is 1.42 bits per heavy atom. The first-order valence-corrected chi connectivity index (χ1v) is 32.7. The fourth-order valence-corrected chi connectivity index (χ4v) is 33.6. The number of para-hydroxylation sites is 3. The van der Waals surface area contributed by atoms with Crippen LogP contribution < -0.4 is 38.3 Å². The molecule has 4 heterocycles. The number of benzene rings is 12. The molecule has 1 aliphatic heterocycles. The summed E-state index contributed by atoms with van der Waals surface area (Å²) >= 11 is -3.61. The number of fused-ring (bicyclic) bond motifs is 11. The molecule has 0 atom stereocenters. The van der Waals surface area contributed by atoms with Crippen LogP contribution in [0.4, 0.5) is 0 Å². The van der Waals surface area contributed by atoms with Gasteiger partial charge < -0.3 is 4.57 Å². The van der Waals surface area contributed by atoms with Gasteiger partial charge in [0, 0.05) is 16.5 Å². The average molecular weight is 1040 g/mol. The normalized spacial score (nSPS) is 13.7. The largest absolute Gasteiger partial charge is 0.0602 e. The van der Waals surface area contributed by atoms with Gasteiger partial charge in [0.2, 0.25) is 0 Å². The van der Waals surface area contributed by atoms with Crippen LogP contribution in [0, 0.1) is 0 Å². The first kappa shape index (κ1) is 43.4. The van der Waals surface area contributed by atoms with Crippen molar-refractivity contribution in [3.05, 3.63) is 291 Å². The summed E-state index contributed by atoms with van der Waals surface area (Å²) in [6.07, 6.45) is 0. The number of hydrogen-bond acceptors (Lipinski definition) is 0. The van der Waals surface area contributed by atoms with Crippen molar-refractivity contribution in [1.29, 1.82) is 0 Å². The van der Waals surface area contributed by atoms with Gasteiger partial charge in [-0.05, 0) is 47.5 Å². The molecule has 0 spiro atoms. The van der Waals surface area contributed by atoms with Gasteiger partial charge in [-0.3, -0.25) is 0 Å². The molecule has 0 bridgehead atoms. The molecule has 3 aromatic heterocycles. The fourth-order valence-electron chi connectivity index (χ4n) is 14.0. The second-order valence-electron chi connectivity index (χ2n) is 20.7. The van der Waals surface area contributed by atoms with Crippen LogP contribution >= 0.6 is 0 Å². The van der Waals surface area contributed by atoms with E-state index in [0.29, 0.717) is 0 Å². The zero-order valence-corrected chi connectivity index (χ0v) is 44.7. The Labute approximate surface area is 444 Å². The van der Waals surface area contributed by atoms with Gasteiger partial charge in [-0.25, -0.2) is 0 Å². The Balaban J connectivity index is 0.877. The van der Waals surface area contributed by atoms with Crippen LogP contribution in [-0.4, -0.2) is 30.3 Å². The van der Waals surface area contributed by atoms with Crippen LogP contribution in [0.1, 0.15) is 0 Å². The van der Waals surface area contributed by atoms with Gasteiger partial charge in [0.1, 0.15) is 0 Å². The molecule has 0 fully saturated rings. The minimum atomic E-state index is -3.61. The van der Waals surface area contributed by atoms with Crippen molar-refractivity contribution in [3.8, 4) is 27.9 Å². The molecule has 12 aromatic carbocycles. The second-order valence-corrected chi connectivity index (χ2v) is 32.3. The van der Waals surface area contributed by atoms with E-state index in [2.05, 4.69) is 300 Å². The van der Waals surface area contributed by atoms with Crippen molar-refractivity contribution in [3.63, 3.8) is 0 Å². The maximum absolute atomic E-state index is 3.61. The minimum absolute atomic E-state index is 1.17. The Bertz CT molecular complexity index is 4660. The topological polar surface area (TPSA) is 9.34 Å². The van der Waals surface area contributed by atoms with E-state index in [1.54, 1.807) is 0 Å². The van der Waals surface area contributed by atoms with Crippen molar-refractivity contribution in [1.82, 2.24) is 8.97 Å².